The monoisotopic (exact) mass is 394 g/mol. The normalized spacial score (nSPS) is 24.0. The summed E-state index contributed by atoms with van der Waals surface area (Å²) in [6, 6.07) is 4.02. The molecule has 1 aromatic carbocycles. The molecule has 0 aromatic heterocycles. The Bertz CT molecular complexity index is 976. The highest BCUT2D eigenvalue weighted by molar-refractivity contribution is 6.02. The highest BCUT2D eigenvalue weighted by Gasteiger charge is 2.28. The number of piperazine rings is 1. The zero-order chi connectivity index (χ0) is 20.0. The lowest BCUT2D eigenvalue weighted by Crippen LogP contribution is -2.49. The van der Waals surface area contributed by atoms with Crippen LogP contribution in [0.3, 0.4) is 0 Å². The van der Waals surface area contributed by atoms with E-state index in [-0.39, 0.29) is 0 Å². The summed E-state index contributed by atoms with van der Waals surface area (Å²) in [7, 11) is 0. The lowest BCUT2D eigenvalue weighted by atomic mass is 9.89. The fourth-order valence-corrected chi connectivity index (χ4v) is 4.21. The van der Waals surface area contributed by atoms with Crippen LogP contribution in [0.2, 0.25) is 0 Å². The number of hydrogen-bond acceptors (Lipinski definition) is 4. The first-order valence-corrected chi connectivity index (χ1v) is 10.2. The summed E-state index contributed by atoms with van der Waals surface area (Å²) < 4.78 is 27.5. The number of fused-ring (bicyclic) bond motifs is 1. The average molecular weight is 394 g/mol. The summed E-state index contributed by atoms with van der Waals surface area (Å²) in [5, 5.41) is 3.48. The Morgan fingerprint density at radius 1 is 1.10 bits per heavy atom. The molecule has 0 unspecified atom stereocenters. The Morgan fingerprint density at radius 2 is 1.90 bits per heavy atom. The van der Waals surface area contributed by atoms with Crippen molar-refractivity contribution in [3.8, 4) is 0 Å². The van der Waals surface area contributed by atoms with Gasteiger partial charge in [0, 0.05) is 49.2 Å². The van der Waals surface area contributed by atoms with Crippen LogP contribution in [-0.2, 0) is 0 Å². The Balaban J connectivity index is 1.53. The molecular weight excluding hydrogens is 370 g/mol. The van der Waals surface area contributed by atoms with E-state index in [9.17, 15) is 8.78 Å². The minimum Gasteiger partial charge on any atom is -0.368 e. The predicted molar refractivity (Wildman–Crippen MR) is 111 cm³/mol. The molecule has 4 nitrogen and oxygen atoms in total. The lowest BCUT2D eigenvalue weighted by molar-refractivity contribution is 0.259. The Morgan fingerprint density at radius 3 is 2.59 bits per heavy atom. The molecule has 1 atom stereocenters. The molecule has 0 spiro atoms. The third-order valence-electron chi connectivity index (χ3n) is 5.89. The maximum Gasteiger partial charge on any atom is 0.137 e. The van der Waals surface area contributed by atoms with Crippen molar-refractivity contribution >= 4 is 11.5 Å². The largest absolute Gasteiger partial charge is 0.368 e. The lowest BCUT2D eigenvalue weighted by Gasteiger charge is -2.38. The van der Waals surface area contributed by atoms with Crippen LogP contribution in [0.5, 0.6) is 0 Å². The van der Waals surface area contributed by atoms with E-state index in [1.807, 2.05) is 12.2 Å². The van der Waals surface area contributed by atoms with Crippen molar-refractivity contribution in [1.29, 1.82) is 0 Å². The maximum atomic E-state index is 13.8. The summed E-state index contributed by atoms with van der Waals surface area (Å²) in [5.41, 5.74) is 4.69. The molecule has 5 rings (SSSR count). The second kappa shape index (κ2) is 7.26. The van der Waals surface area contributed by atoms with Crippen LogP contribution in [0.15, 0.2) is 64.6 Å². The molecule has 4 aliphatic rings. The summed E-state index contributed by atoms with van der Waals surface area (Å²) >= 11 is 0. The van der Waals surface area contributed by atoms with Crippen molar-refractivity contribution in [2.45, 2.75) is 32.2 Å². The fourth-order valence-electron chi connectivity index (χ4n) is 4.21. The molecule has 1 N–H and O–H groups in total. The van der Waals surface area contributed by atoms with Crippen LogP contribution in [-0.4, -0.2) is 41.3 Å². The van der Waals surface area contributed by atoms with Gasteiger partial charge in [-0.05, 0) is 62.1 Å². The van der Waals surface area contributed by atoms with Gasteiger partial charge in [-0.2, -0.15) is 0 Å². The van der Waals surface area contributed by atoms with Crippen LogP contribution in [0.25, 0.3) is 5.70 Å². The zero-order valence-electron chi connectivity index (χ0n) is 16.5. The quantitative estimate of drug-likeness (QED) is 0.817. The van der Waals surface area contributed by atoms with Crippen molar-refractivity contribution in [2.75, 3.05) is 19.6 Å². The van der Waals surface area contributed by atoms with Crippen LogP contribution < -0.4 is 5.32 Å². The average Bonchev–Trinajstić information content (AvgIpc) is 2.65. The van der Waals surface area contributed by atoms with Gasteiger partial charge in [-0.25, -0.2) is 13.8 Å². The summed E-state index contributed by atoms with van der Waals surface area (Å²) in [6.45, 7) is 5.10. The molecule has 1 aromatic rings. The molecular formula is C23H24F2N4. The number of benzene rings is 1. The second-order valence-corrected chi connectivity index (χ2v) is 8.06. The Hall–Kier alpha value is -2.73. The fraction of sp³-hybridized carbons (Fsp3) is 0.348. The molecule has 1 aliphatic carbocycles. The highest BCUT2D eigenvalue weighted by Crippen LogP contribution is 2.37. The van der Waals surface area contributed by atoms with E-state index in [4.69, 9.17) is 4.99 Å². The standard InChI is InChI=1S/C23H24F2N4/c1-15-13-28(8-7-26-15)20-5-6-23-27-21(17-9-18(24)11-19(25)10-17)12-22(29(23)14-20)16-3-2-4-16/h5-6,9-12,14-15,26H,2-4,7-8,13H2,1H3/t15-/m0/s1. The van der Waals surface area contributed by atoms with E-state index in [1.165, 1.54) is 29.8 Å². The Kier molecular flexibility index (Phi) is 4.59. The molecule has 3 aliphatic heterocycles. The summed E-state index contributed by atoms with van der Waals surface area (Å²) in [5.74, 6) is -0.389. The maximum absolute atomic E-state index is 13.8. The van der Waals surface area contributed by atoms with Gasteiger partial charge in [0.1, 0.15) is 17.5 Å². The molecule has 1 saturated carbocycles. The SMILES string of the molecule is C[C@H]1CN(C2=CN3C(=NC(c4cc(F)cc(F)c4)=CC3=C3CCC3)C=C2)CCN1. The van der Waals surface area contributed by atoms with E-state index in [1.54, 1.807) is 0 Å². The van der Waals surface area contributed by atoms with Gasteiger partial charge in [0.25, 0.3) is 0 Å². The van der Waals surface area contributed by atoms with Gasteiger partial charge < -0.3 is 10.2 Å². The van der Waals surface area contributed by atoms with Gasteiger partial charge in [-0.3, -0.25) is 4.90 Å². The van der Waals surface area contributed by atoms with Gasteiger partial charge >= 0.3 is 0 Å². The van der Waals surface area contributed by atoms with Gasteiger partial charge in [0.2, 0.25) is 0 Å². The van der Waals surface area contributed by atoms with Crippen molar-refractivity contribution < 1.29 is 8.78 Å². The number of halogens is 2. The van der Waals surface area contributed by atoms with E-state index < -0.39 is 11.6 Å². The third kappa shape index (κ3) is 3.53. The van der Waals surface area contributed by atoms with Crippen LogP contribution in [0.4, 0.5) is 8.78 Å². The molecule has 0 amide bonds. The topological polar surface area (TPSA) is 30.9 Å². The van der Waals surface area contributed by atoms with Gasteiger partial charge in [-0.1, -0.05) is 0 Å². The van der Waals surface area contributed by atoms with Gasteiger partial charge in [-0.15, -0.1) is 0 Å². The summed E-state index contributed by atoms with van der Waals surface area (Å²) in [6.07, 6.45) is 11.5. The zero-order valence-corrected chi connectivity index (χ0v) is 16.5. The minimum atomic E-state index is -0.587. The molecule has 150 valence electrons. The van der Waals surface area contributed by atoms with Crippen molar-refractivity contribution in [3.05, 3.63) is 76.8 Å². The molecule has 6 heteroatoms. The van der Waals surface area contributed by atoms with E-state index >= 15 is 0 Å². The van der Waals surface area contributed by atoms with Crippen molar-refractivity contribution in [3.63, 3.8) is 0 Å². The van der Waals surface area contributed by atoms with E-state index in [2.05, 4.69) is 34.3 Å². The number of nitrogens with one attached hydrogen (secondary N) is 1. The molecule has 0 radical (unpaired) electrons. The van der Waals surface area contributed by atoms with Crippen molar-refractivity contribution in [1.82, 2.24) is 15.1 Å². The van der Waals surface area contributed by atoms with Crippen LogP contribution >= 0.6 is 0 Å². The molecule has 0 bridgehead atoms. The van der Waals surface area contributed by atoms with Crippen LogP contribution in [0.1, 0.15) is 31.7 Å². The third-order valence-corrected chi connectivity index (χ3v) is 5.89. The predicted octanol–water partition coefficient (Wildman–Crippen LogP) is 4.16. The number of hydrogen-bond donors (Lipinski definition) is 1. The first kappa shape index (κ1) is 18.3. The molecule has 29 heavy (non-hydrogen) atoms. The number of allylic oxidation sites excluding steroid dienone is 3. The number of nitrogens with zero attached hydrogens (tertiary/aromatic N) is 3. The first-order chi connectivity index (χ1) is 14.1. The highest BCUT2D eigenvalue weighted by atomic mass is 19.1. The number of rotatable bonds is 2. The number of amidine groups is 1. The van der Waals surface area contributed by atoms with Crippen molar-refractivity contribution in [2.24, 2.45) is 4.99 Å². The minimum absolute atomic E-state index is 0.452. The molecule has 3 heterocycles. The molecule has 1 saturated heterocycles. The molecule has 2 fully saturated rings. The second-order valence-electron chi connectivity index (χ2n) is 8.06. The first-order valence-electron chi connectivity index (χ1n) is 10.2. The van der Waals surface area contributed by atoms with E-state index in [0.29, 0.717) is 17.3 Å². The number of aliphatic imine (C=N–C) groups is 1. The van der Waals surface area contributed by atoms with Gasteiger partial charge in [0.05, 0.1) is 11.4 Å². The smallest absolute Gasteiger partial charge is 0.137 e. The summed E-state index contributed by atoms with van der Waals surface area (Å²) in [4.78, 5) is 9.24. The van der Waals surface area contributed by atoms with E-state index in [0.717, 1.165) is 50.1 Å². The Labute approximate surface area is 169 Å². The van der Waals surface area contributed by atoms with Gasteiger partial charge in [0.15, 0.2) is 0 Å². The van der Waals surface area contributed by atoms with Crippen LogP contribution in [0, 0.1) is 11.6 Å².